The standard InChI is InChI=1S/C8H5F6NO3S/c9-7(10,11)15-5-1-3-6(4-2-5)18-19(16,17)8(12,13)14/h1-4,15H. The maximum atomic E-state index is 11.9. The molecular weight excluding hydrogens is 304 g/mol. The maximum Gasteiger partial charge on any atom is 0.534 e. The molecule has 19 heavy (non-hydrogen) atoms. The average molecular weight is 309 g/mol. The fourth-order valence-electron chi connectivity index (χ4n) is 0.931. The summed E-state index contributed by atoms with van der Waals surface area (Å²) in [6, 6.07) is 2.73. The first-order chi connectivity index (χ1) is 8.41. The fourth-order valence-corrected chi connectivity index (χ4v) is 1.39. The van der Waals surface area contributed by atoms with E-state index in [1.165, 1.54) is 0 Å². The lowest BCUT2D eigenvalue weighted by atomic mass is 10.3. The summed E-state index contributed by atoms with van der Waals surface area (Å²) in [6.07, 6.45) is -4.72. The topological polar surface area (TPSA) is 55.4 Å². The molecule has 0 aliphatic rings. The van der Waals surface area contributed by atoms with E-state index in [0.717, 1.165) is 5.32 Å². The molecule has 4 nitrogen and oxygen atoms in total. The van der Waals surface area contributed by atoms with E-state index >= 15 is 0 Å². The van der Waals surface area contributed by atoms with Gasteiger partial charge in [0, 0.05) is 5.69 Å². The predicted molar refractivity (Wildman–Crippen MR) is 51.7 cm³/mol. The Kier molecular flexibility index (Phi) is 3.89. The summed E-state index contributed by atoms with van der Waals surface area (Å²) < 4.78 is 96.4. The number of alkyl halides is 6. The van der Waals surface area contributed by atoms with Gasteiger partial charge in [0.15, 0.2) is 0 Å². The van der Waals surface area contributed by atoms with Crippen molar-refractivity contribution in [2.24, 2.45) is 0 Å². The lowest BCUT2D eigenvalue weighted by Gasteiger charge is -2.11. The Morgan fingerprint density at radius 2 is 1.42 bits per heavy atom. The quantitative estimate of drug-likeness (QED) is 0.404. The molecule has 0 unspecified atom stereocenters. The van der Waals surface area contributed by atoms with Gasteiger partial charge in [-0.25, -0.2) is 0 Å². The molecule has 1 aromatic rings. The molecule has 0 saturated heterocycles. The van der Waals surface area contributed by atoms with E-state index in [9.17, 15) is 34.8 Å². The molecule has 0 aliphatic carbocycles. The van der Waals surface area contributed by atoms with Crippen molar-refractivity contribution in [2.45, 2.75) is 11.8 Å². The van der Waals surface area contributed by atoms with E-state index in [2.05, 4.69) is 4.18 Å². The third kappa shape index (κ3) is 4.50. The van der Waals surface area contributed by atoms with Crippen LogP contribution in [-0.4, -0.2) is 20.2 Å². The summed E-state index contributed by atoms with van der Waals surface area (Å²) in [7, 11) is -5.84. The highest BCUT2D eigenvalue weighted by Gasteiger charge is 2.48. The van der Waals surface area contributed by atoms with Crippen molar-refractivity contribution in [3.63, 3.8) is 0 Å². The molecule has 0 bridgehead atoms. The number of anilines is 1. The second-order valence-corrected chi connectivity index (χ2v) is 4.67. The maximum absolute atomic E-state index is 11.9. The van der Waals surface area contributed by atoms with Gasteiger partial charge in [0.25, 0.3) is 0 Å². The number of hydrogen-bond donors (Lipinski definition) is 1. The zero-order chi connectivity index (χ0) is 14.9. The van der Waals surface area contributed by atoms with Crippen LogP contribution in [0.15, 0.2) is 24.3 Å². The highest BCUT2D eigenvalue weighted by Crippen LogP contribution is 2.28. The Hall–Kier alpha value is -1.65. The Labute approximate surface area is 103 Å². The van der Waals surface area contributed by atoms with Gasteiger partial charge < -0.3 is 4.18 Å². The van der Waals surface area contributed by atoms with Gasteiger partial charge in [0.2, 0.25) is 0 Å². The van der Waals surface area contributed by atoms with E-state index in [-0.39, 0.29) is 0 Å². The smallest absolute Gasteiger partial charge is 0.376 e. The van der Waals surface area contributed by atoms with Gasteiger partial charge in [-0.05, 0) is 24.3 Å². The summed E-state index contributed by atoms with van der Waals surface area (Å²) in [5.74, 6) is -0.759. The highest BCUT2D eigenvalue weighted by molar-refractivity contribution is 7.87. The largest absolute Gasteiger partial charge is 0.534 e. The normalized spacial score (nSPS) is 13.2. The van der Waals surface area contributed by atoms with Crippen LogP contribution in [-0.2, 0) is 10.1 Å². The summed E-state index contributed by atoms with van der Waals surface area (Å²) in [4.78, 5) is 0. The van der Waals surface area contributed by atoms with Crippen LogP contribution in [0.25, 0.3) is 0 Å². The number of benzene rings is 1. The first-order valence-corrected chi connectivity index (χ1v) is 5.77. The van der Waals surface area contributed by atoms with Crippen molar-refractivity contribution in [1.82, 2.24) is 0 Å². The van der Waals surface area contributed by atoms with Crippen molar-refractivity contribution in [3.8, 4) is 5.75 Å². The molecule has 0 aliphatic heterocycles. The average Bonchev–Trinajstić information content (AvgIpc) is 2.16. The lowest BCUT2D eigenvalue weighted by molar-refractivity contribution is -0.0999. The molecule has 0 atom stereocenters. The van der Waals surface area contributed by atoms with Crippen LogP contribution in [0.5, 0.6) is 5.75 Å². The summed E-state index contributed by atoms with van der Waals surface area (Å²) in [5, 5.41) is 1.07. The number of rotatable bonds is 3. The van der Waals surface area contributed by atoms with Gasteiger partial charge in [-0.1, -0.05) is 0 Å². The zero-order valence-electron chi connectivity index (χ0n) is 8.71. The molecule has 108 valence electrons. The van der Waals surface area contributed by atoms with Crippen LogP contribution in [0.4, 0.5) is 32.0 Å². The van der Waals surface area contributed by atoms with E-state index in [4.69, 9.17) is 0 Å². The van der Waals surface area contributed by atoms with Crippen LogP contribution in [0.2, 0.25) is 0 Å². The second kappa shape index (κ2) is 4.79. The van der Waals surface area contributed by atoms with E-state index < -0.39 is 33.4 Å². The van der Waals surface area contributed by atoms with E-state index in [1.54, 1.807) is 0 Å². The third-order valence-electron chi connectivity index (χ3n) is 1.63. The minimum atomic E-state index is -5.84. The minimum absolute atomic E-state index is 0.482. The second-order valence-electron chi connectivity index (χ2n) is 3.13. The van der Waals surface area contributed by atoms with Gasteiger partial charge in [-0.3, -0.25) is 5.32 Å². The molecular formula is C8H5F6NO3S. The summed E-state index contributed by atoms with van der Waals surface area (Å²) in [5.41, 5.74) is -6.10. The fraction of sp³-hybridized carbons (Fsp3) is 0.250. The molecule has 0 spiro atoms. The van der Waals surface area contributed by atoms with Crippen molar-refractivity contribution in [1.29, 1.82) is 0 Å². The van der Waals surface area contributed by atoms with Crippen LogP contribution in [0, 0.1) is 0 Å². The van der Waals surface area contributed by atoms with Gasteiger partial charge in [0.1, 0.15) is 5.75 Å². The predicted octanol–water partition coefficient (Wildman–Crippen LogP) is 2.85. The Morgan fingerprint density at radius 3 is 1.79 bits per heavy atom. The van der Waals surface area contributed by atoms with Crippen molar-refractivity contribution >= 4 is 15.8 Å². The minimum Gasteiger partial charge on any atom is -0.376 e. The summed E-state index contributed by atoms with van der Waals surface area (Å²) in [6.45, 7) is 0. The molecule has 0 aromatic heterocycles. The number of nitrogens with one attached hydrogen (secondary N) is 1. The van der Waals surface area contributed by atoms with Gasteiger partial charge in [-0.15, -0.1) is 0 Å². The first kappa shape index (κ1) is 15.4. The zero-order valence-corrected chi connectivity index (χ0v) is 9.53. The first-order valence-electron chi connectivity index (χ1n) is 4.36. The third-order valence-corrected chi connectivity index (χ3v) is 2.61. The number of halogens is 6. The Morgan fingerprint density at radius 1 is 0.947 bits per heavy atom. The van der Waals surface area contributed by atoms with Crippen LogP contribution in [0.3, 0.4) is 0 Å². The van der Waals surface area contributed by atoms with Gasteiger partial charge >= 0.3 is 21.9 Å². The SMILES string of the molecule is O=S(=O)(Oc1ccc(NC(F)(F)F)cc1)C(F)(F)F. The molecule has 0 saturated carbocycles. The van der Waals surface area contributed by atoms with Crippen molar-refractivity contribution in [2.75, 3.05) is 5.32 Å². The van der Waals surface area contributed by atoms with Gasteiger partial charge in [0.05, 0.1) is 0 Å². The van der Waals surface area contributed by atoms with Crippen LogP contribution >= 0.6 is 0 Å². The van der Waals surface area contributed by atoms with E-state index in [1.807, 2.05) is 0 Å². The molecule has 1 N–H and O–H groups in total. The molecule has 0 radical (unpaired) electrons. The number of hydrogen-bond acceptors (Lipinski definition) is 4. The Bertz CT molecular complexity index is 533. The van der Waals surface area contributed by atoms with Crippen LogP contribution in [0.1, 0.15) is 0 Å². The molecule has 1 rings (SSSR count). The Balaban J connectivity index is 2.84. The molecule has 0 heterocycles. The van der Waals surface area contributed by atoms with Gasteiger partial charge in [-0.2, -0.15) is 34.8 Å². The highest BCUT2D eigenvalue weighted by atomic mass is 32.2. The van der Waals surface area contributed by atoms with E-state index in [0.29, 0.717) is 24.3 Å². The molecule has 11 heteroatoms. The molecule has 1 aromatic carbocycles. The molecule has 0 amide bonds. The monoisotopic (exact) mass is 309 g/mol. The summed E-state index contributed by atoms with van der Waals surface area (Å²) >= 11 is 0. The van der Waals surface area contributed by atoms with Crippen molar-refractivity contribution in [3.05, 3.63) is 24.3 Å². The van der Waals surface area contributed by atoms with Crippen molar-refractivity contribution < 1.29 is 38.9 Å². The molecule has 0 fully saturated rings. The lowest BCUT2D eigenvalue weighted by Crippen LogP contribution is -2.28. The van der Waals surface area contributed by atoms with Crippen LogP contribution < -0.4 is 9.50 Å².